The van der Waals surface area contributed by atoms with Crippen LogP contribution in [0.3, 0.4) is 0 Å². The lowest BCUT2D eigenvalue weighted by atomic mass is 10.1. The van der Waals surface area contributed by atoms with E-state index >= 15 is 0 Å². The molecule has 2 amide bonds. The SMILES string of the molecule is Cc1cccc2c1c(CN1C(=O)N3C(=CCC3CC(=O)O)c3ncccc31)cn2C. The molecule has 0 saturated heterocycles. The Kier molecular flexibility index (Phi) is 4.13. The molecule has 0 radical (unpaired) electrons. The summed E-state index contributed by atoms with van der Waals surface area (Å²) in [5.41, 5.74) is 5.52. The van der Waals surface area contributed by atoms with Crippen molar-refractivity contribution in [2.75, 3.05) is 4.90 Å². The fourth-order valence-corrected chi connectivity index (χ4v) is 4.71. The molecular weight excluding hydrogens is 380 g/mol. The van der Waals surface area contributed by atoms with E-state index in [0.717, 1.165) is 33.4 Å². The smallest absolute Gasteiger partial charge is 0.329 e. The van der Waals surface area contributed by atoms with Crippen molar-refractivity contribution in [1.82, 2.24) is 14.5 Å². The number of anilines is 1. The van der Waals surface area contributed by atoms with Crippen molar-refractivity contribution >= 4 is 34.3 Å². The molecule has 0 bridgehead atoms. The standard InChI is InChI=1S/C23H22N4O3/c1-14-5-3-6-17-21(14)15(12-25(17)2)13-26-18-7-4-10-24-22(18)19-9-8-16(11-20(28)29)27(19)23(26)30/h3-7,9-10,12,16H,8,11,13H2,1-2H3,(H,28,29). The zero-order valence-corrected chi connectivity index (χ0v) is 16.9. The molecule has 0 spiro atoms. The normalized spacial score (nSPS) is 17.9. The van der Waals surface area contributed by atoms with Crippen molar-refractivity contribution < 1.29 is 14.7 Å². The molecule has 7 heteroatoms. The van der Waals surface area contributed by atoms with E-state index in [1.54, 1.807) is 16.0 Å². The minimum absolute atomic E-state index is 0.0882. The number of carbonyl (C=O) groups excluding carboxylic acids is 1. The van der Waals surface area contributed by atoms with Gasteiger partial charge in [0.1, 0.15) is 5.69 Å². The number of hydrogen-bond donors (Lipinski definition) is 1. The fraction of sp³-hybridized carbons (Fsp3) is 0.261. The number of rotatable bonds is 4. The average Bonchev–Trinajstić information content (AvgIpc) is 3.27. The zero-order chi connectivity index (χ0) is 21.0. The van der Waals surface area contributed by atoms with Gasteiger partial charge in [0.15, 0.2) is 0 Å². The summed E-state index contributed by atoms with van der Waals surface area (Å²) in [5, 5.41) is 10.4. The Morgan fingerprint density at radius 1 is 1.27 bits per heavy atom. The van der Waals surface area contributed by atoms with Crippen molar-refractivity contribution in [3.05, 3.63) is 65.6 Å². The highest BCUT2D eigenvalue weighted by molar-refractivity contribution is 6.05. The van der Waals surface area contributed by atoms with Gasteiger partial charge in [-0.15, -0.1) is 0 Å². The number of urea groups is 1. The van der Waals surface area contributed by atoms with Crippen LogP contribution in [0.5, 0.6) is 0 Å². The summed E-state index contributed by atoms with van der Waals surface area (Å²) < 4.78 is 2.07. The number of aromatic nitrogens is 2. The second kappa shape index (κ2) is 6.73. The number of carboxylic acids is 1. The summed E-state index contributed by atoms with van der Waals surface area (Å²) in [7, 11) is 2.00. The molecule has 1 aromatic carbocycles. The molecule has 7 nitrogen and oxygen atoms in total. The zero-order valence-electron chi connectivity index (χ0n) is 16.9. The van der Waals surface area contributed by atoms with E-state index < -0.39 is 12.0 Å². The Bertz CT molecular complexity index is 1230. The fourth-order valence-electron chi connectivity index (χ4n) is 4.71. The van der Waals surface area contributed by atoms with Crippen molar-refractivity contribution in [1.29, 1.82) is 0 Å². The van der Waals surface area contributed by atoms with Crippen molar-refractivity contribution in [3.63, 3.8) is 0 Å². The number of aryl methyl sites for hydroxylation is 2. The molecule has 152 valence electrons. The minimum Gasteiger partial charge on any atom is -0.481 e. The molecule has 0 saturated carbocycles. The first-order valence-corrected chi connectivity index (χ1v) is 9.97. The minimum atomic E-state index is -0.912. The highest BCUT2D eigenvalue weighted by Crippen LogP contribution is 2.42. The molecular formula is C23H22N4O3. The number of nitrogens with zero attached hydrogens (tertiary/aromatic N) is 4. The monoisotopic (exact) mass is 402 g/mol. The lowest BCUT2D eigenvalue weighted by Gasteiger charge is -2.38. The van der Waals surface area contributed by atoms with Gasteiger partial charge in [0.2, 0.25) is 0 Å². The summed E-state index contributed by atoms with van der Waals surface area (Å²) in [5.74, 6) is -0.912. The molecule has 2 aliphatic rings. The summed E-state index contributed by atoms with van der Waals surface area (Å²) in [4.78, 5) is 32.8. The van der Waals surface area contributed by atoms with Crippen molar-refractivity contribution in [2.24, 2.45) is 7.05 Å². The Hall–Kier alpha value is -3.61. The predicted octanol–water partition coefficient (Wildman–Crippen LogP) is 3.91. The van der Waals surface area contributed by atoms with Gasteiger partial charge in [0.05, 0.1) is 30.4 Å². The second-order valence-corrected chi connectivity index (χ2v) is 7.92. The summed E-state index contributed by atoms with van der Waals surface area (Å²) in [6.07, 6.45) is 6.12. The molecule has 2 aromatic heterocycles. The molecule has 2 aliphatic heterocycles. The number of fused-ring (bicyclic) bond motifs is 4. The van der Waals surface area contributed by atoms with E-state index in [-0.39, 0.29) is 12.5 Å². The number of aliphatic carboxylic acids is 1. The Morgan fingerprint density at radius 2 is 2.10 bits per heavy atom. The molecule has 3 aromatic rings. The van der Waals surface area contributed by atoms with E-state index in [2.05, 4.69) is 34.8 Å². The van der Waals surface area contributed by atoms with Gasteiger partial charge in [-0.2, -0.15) is 0 Å². The molecule has 1 atom stereocenters. The maximum Gasteiger partial charge on any atom is 0.329 e. The summed E-state index contributed by atoms with van der Waals surface area (Å²) in [6.45, 7) is 2.47. The number of benzene rings is 1. The average molecular weight is 402 g/mol. The van der Waals surface area contributed by atoms with E-state index in [9.17, 15) is 14.7 Å². The van der Waals surface area contributed by atoms with Crippen LogP contribution < -0.4 is 4.90 Å². The van der Waals surface area contributed by atoms with E-state index in [1.165, 1.54) is 0 Å². The van der Waals surface area contributed by atoms with Crippen LogP contribution >= 0.6 is 0 Å². The predicted molar refractivity (Wildman–Crippen MR) is 114 cm³/mol. The van der Waals surface area contributed by atoms with Gasteiger partial charge in [-0.05, 0) is 42.7 Å². The van der Waals surface area contributed by atoms with Crippen LogP contribution in [0.25, 0.3) is 16.6 Å². The molecule has 4 heterocycles. The summed E-state index contributed by atoms with van der Waals surface area (Å²) in [6, 6.07) is 9.32. The first-order chi connectivity index (χ1) is 14.5. The van der Waals surface area contributed by atoms with Crippen LogP contribution in [0.1, 0.15) is 29.7 Å². The topological polar surface area (TPSA) is 78.7 Å². The Balaban J connectivity index is 1.61. The van der Waals surface area contributed by atoms with Crippen molar-refractivity contribution in [2.45, 2.75) is 32.4 Å². The van der Waals surface area contributed by atoms with Gasteiger partial charge >= 0.3 is 12.0 Å². The maximum atomic E-state index is 13.6. The largest absolute Gasteiger partial charge is 0.481 e. The Labute approximate surface area is 173 Å². The van der Waals surface area contributed by atoms with E-state index in [1.807, 2.05) is 31.3 Å². The van der Waals surface area contributed by atoms with Gasteiger partial charge in [0, 0.05) is 30.3 Å². The quantitative estimate of drug-likeness (QED) is 0.718. The number of hydrogen-bond acceptors (Lipinski definition) is 3. The first-order valence-electron chi connectivity index (χ1n) is 9.97. The third kappa shape index (κ3) is 2.69. The van der Waals surface area contributed by atoms with Crippen LogP contribution in [0.4, 0.5) is 10.5 Å². The highest BCUT2D eigenvalue weighted by atomic mass is 16.4. The molecule has 5 rings (SSSR count). The number of carbonyl (C=O) groups is 2. The van der Waals surface area contributed by atoms with Crippen LogP contribution in [0.15, 0.2) is 48.8 Å². The first kappa shape index (κ1) is 18.4. The molecule has 1 unspecified atom stereocenters. The van der Waals surface area contributed by atoms with Crippen LogP contribution in [0, 0.1) is 6.92 Å². The summed E-state index contributed by atoms with van der Waals surface area (Å²) >= 11 is 0. The van der Waals surface area contributed by atoms with Gasteiger partial charge in [-0.3, -0.25) is 19.6 Å². The van der Waals surface area contributed by atoms with Crippen LogP contribution in [0.2, 0.25) is 0 Å². The highest BCUT2D eigenvalue weighted by Gasteiger charge is 2.42. The molecule has 0 fully saturated rings. The van der Waals surface area contributed by atoms with Crippen molar-refractivity contribution in [3.8, 4) is 0 Å². The van der Waals surface area contributed by atoms with E-state index in [0.29, 0.717) is 18.7 Å². The lowest BCUT2D eigenvalue weighted by Crippen LogP contribution is -2.49. The van der Waals surface area contributed by atoms with E-state index in [4.69, 9.17) is 0 Å². The lowest BCUT2D eigenvalue weighted by molar-refractivity contribution is -0.137. The molecule has 0 aliphatic carbocycles. The third-order valence-electron chi connectivity index (χ3n) is 6.00. The second-order valence-electron chi connectivity index (χ2n) is 7.92. The van der Waals surface area contributed by atoms with Crippen LogP contribution in [-0.2, 0) is 18.4 Å². The third-order valence-corrected chi connectivity index (χ3v) is 6.00. The van der Waals surface area contributed by atoms with Gasteiger partial charge in [0.25, 0.3) is 0 Å². The number of amides is 2. The number of pyridine rings is 1. The number of carboxylic acid groups (broad SMARTS) is 1. The van der Waals surface area contributed by atoms with Crippen LogP contribution in [-0.4, -0.2) is 37.6 Å². The Morgan fingerprint density at radius 3 is 2.90 bits per heavy atom. The molecule has 1 N–H and O–H groups in total. The van der Waals surface area contributed by atoms with Gasteiger partial charge < -0.3 is 9.67 Å². The van der Waals surface area contributed by atoms with Gasteiger partial charge in [-0.1, -0.05) is 18.2 Å². The van der Waals surface area contributed by atoms with Gasteiger partial charge in [-0.25, -0.2) is 4.79 Å². The molecule has 30 heavy (non-hydrogen) atoms. The maximum absolute atomic E-state index is 13.6.